The maximum Gasteiger partial charge on any atom is 0.407 e. The Morgan fingerprint density at radius 3 is 2.68 bits per heavy atom. The van der Waals surface area contributed by atoms with E-state index in [1.165, 1.54) is 0 Å². The monoisotopic (exact) mass is 388 g/mol. The summed E-state index contributed by atoms with van der Waals surface area (Å²) in [6, 6.07) is 6.36. The molecule has 1 aromatic carbocycles. The van der Waals surface area contributed by atoms with Crippen molar-refractivity contribution >= 4 is 33.6 Å². The second-order valence-corrected chi connectivity index (χ2v) is 7.97. The molecule has 0 saturated heterocycles. The van der Waals surface area contributed by atoms with Gasteiger partial charge in [0.25, 0.3) is 0 Å². The highest BCUT2D eigenvalue weighted by atomic mass is 79.9. The molecule has 1 amide bonds. The largest absolute Gasteiger partial charge is 0.444 e. The molecular weight excluding hydrogens is 368 g/mol. The smallest absolute Gasteiger partial charge is 0.407 e. The van der Waals surface area contributed by atoms with E-state index in [1.54, 1.807) is 0 Å². The molecule has 2 rings (SSSR count). The predicted octanol–water partition coefficient (Wildman–Crippen LogP) is 4.42. The lowest BCUT2D eigenvalue weighted by Gasteiger charge is -2.20. The molecule has 122 valence electrons. The van der Waals surface area contributed by atoms with Crippen LogP contribution in [0.2, 0.25) is 5.02 Å². The van der Waals surface area contributed by atoms with Crippen LogP contribution in [0.3, 0.4) is 0 Å². The number of nitrogens with one attached hydrogen (secondary N) is 2. The normalized spacial score (nSPS) is 22.1. The molecule has 0 aromatic heterocycles. The van der Waals surface area contributed by atoms with Gasteiger partial charge < -0.3 is 15.4 Å². The second-order valence-electron chi connectivity index (χ2n) is 6.65. The first kappa shape index (κ1) is 17.6. The quantitative estimate of drug-likeness (QED) is 0.801. The first-order chi connectivity index (χ1) is 10.2. The van der Waals surface area contributed by atoms with Gasteiger partial charge in [0.05, 0.1) is 0 Å². The van der Waals surface area contributed by atoms with Gasteiger partial charge in [0.15, 0.2) is 0 Å². The number of hydrogen-bond acceptors (Lipinski definition) is 3. The van der Waals surface area contributed by atoms with E-state index in [4.69, 9.17) is 16.3 Å². The second kappa shape index (κ2) is 6.77. The summed E-state index contributed by atoms with van der Waals surface area (Å²) in [5.74, 6) is 0. The summed E-state index contributed by atoms with van der Waals surface area (Å²) in [6.07, 6.45) is 0.536. The number of amides is 1. The molecule has 4 nitrogen and oxygen atoms in total. The maximum atomic E-state index is 11.7. The molecule has 1 aliphatic carbocycles. The lowest BCUT2D eigenvalue weighted by atomic mass is 10.1. The van der Waals surface area contributed by atoms with E-state index in [9.17, 15) is 4.79 Å². The van der Waals surface area contributed by atoms with Crippen LogP contribution in [-0.2, 0) is 4.74 Å². The third kappa shape index (κ3) is 5.14. The zero-order valence-corrected chi connectivity index (χ0v) is 15.6. The number of benzene rings is 1. The average molecular weight is 390 g/mol. The van der Waals surface area contributed by atoms with Gasteiger partial charge in [0.2, 0.25) is 0 Å². The highest BCUT2D eigenvalue weighted by Crippen LogP contribution is 2.30. The first-order valence-corrected chi connectivity index (χ1v) is 8.53. The minimum atomic E-state index is -0.472. The number of rotatable bonds is 4. The molecule has 3 unspecified atom stereocenters. The molecule has 1 fully saturated rings. The van der Waals surface area contributed by atoms with Crippen LogP contribution in [0, 0.1) is 0 Å². The van der Waals surface area contributed by atoms with Crippen molar-refractivity contribution in [3.63, 3.8) is 0 Å². The van der Waals surface area contributed by atoms with Gasteiger partial charge in [-0.15, -0.1) is 0 Å². The molecule has 3 atom stereocenters. The van der Waals surface area contributed by atoms with Gasteiger partial charge in [-0.1, -0.05) is 33.6 Å². The van der Waals surface area contributed by atoms with E-state index < -0.39 is 5.60 Å². The minimum absolute atomic E-state index is 0.117. The molecule has 1 aromatic rings. The number of carbonyl (C=O) groups is 1. The number of halogens is 2. The fourth-order valence-electron chi connectivity index (χ4n) is 2.26. The Hall–Kier alpha value is -0.780. The summed E-state index contributed by atoms with van der Waals surface area (Å²) in [4.78, 5) is 11.7. The van der Waals surface area contributed by atoms with Crippen molar-refractivity contribution in [3.05, 3.63) is 33.3 Å². The Balaban J connectivity index is 1.82. The van der Waals surface area contributed by atoms with Crippen LogP contribution in [0.5, 0.6) is 0 Å². The number of alkyl carbamates (subject to hydrolysis) is 1. The first-order valence-electron chi connectivity index (χ1n) is 7.36. The van der Waals surface area contributed by atoms with E-state index in [-0.39, 0.29) is 24.2 Å². The Morgan fingerprint density at radius 2 is 2.09 bits per heavy atom. The highest BCUT2D eigenvalue weighted by Gasteiger charge is 2.40. The molecule has 0 spiro atoms. The van der Waals surface area contributed by atoms with E-state index in [2.05, 4.69) is 33.5 Å². The Labute approximate surface area is 145 Å². The predicted molar refractivity (Wildman–Crippen MR) is 92.3 cm³/mol. The standard InChI is InChI=1S/C16H22BrClN2O2/c1-9(11-6-5-10(17)7-12(11)18)19-13-8-14(13)20-15(21)22-16(2,3)4/h5-7,9,13-14,19H,8H2,1-4H3,(H,20,21). The SMILES string of the molecule is CC(NC1CC1NC(=O)OC(C)(C)C)c1ccc(Br)cc1Cl. The van der Waals surface area contributed by atoms with Crippen LogP contribution in [0.1, 0.15) is 45.7 Å². The van der Waals surface area contributed by atoms with E-state index in [0.29, 0.717) is 0 Å². The summed E-state index contributed by atoms with van der Waals surface area (Å²) in [5, 5.41) is 7.08. The van der Waals surface area contributed by atoms with Gasteiger partial charge in [-0.3, -0.25) is 0 Å². The Bertz CT molecular complexity index is 560. The Morgan fingerprint density at radius 1 is 1.41 bits per heavy atom. The van der Waals surface area contributed by atoms with E-state index in [1.807, 2.05) is 39.0 Å². The summed E-state index contributed by atoms with van der Waals surface area (Å²) < 4.78 is 6.22. The number of carbonyl (C=O) groups excluding carboxylic acids is 1. The van der Waals surface area contributed by atoms with Crippen molar-refractivity contribution in [3.8, 4) is 0 Å². The molecule has 0 heterocycles. The topological polar surface area (TPSA) is 50.4 Å². The third-order valence-corrected chi connectivity index (χ3v) is 4.21. The molecule has 0 bridgehead atoms. The van der Waals surface area contributed by atoms with Gasteiger partial charge in [-0.05, 0) is 51.8 Å². The summed E-state index contributed by atoms with van der Waals surface area (Å²) in [5.41, 5.74) is 0.577. The zero-order chi connectivity index (χ0) is 16.5. The molecule has 1 saturated carbocycles. The summed E-state index contributed by atoms with van der Waals surface area (Å²) >= 11 is 9.66. The lowest BCUT2D eigenvalue weighted by Crippen LogP contribution is -2.37. The minimum Gasteiger partial charge on any atom is -0.444 e. The zero-order valence-electron chi connectivity index (χ0n) is 13.2. The van der Waals surface area contributed by atoms with Gasteiger partial charge in [-0.25, -0.2) is 4.79 Å². The molecule has 0 aliphatic heterocycles. The van der Waals surface area contributed by atoms with E-state index >= 15 is 0 Å². The van der Waals surface area contributed by atoms with Crippen LogP contribution in [0.4, 0.5) is 4.79 Å². The highest BCUT2D eigenvalue weighted by molar-refractivity contribution is 9.10. The lowest BCUT2D eigenvalue weighted by molar-refractivity contribution is 0.0522. The molecule has 1 aliphatic rings. The molecule has 22 heavy (non-hydrogen) atoms. The van der Waals surface area contributed by atoms with Gasteiger partial charge in [-0.2, -0.15) is 0 Å². The number of ether oxygens (including phenoxy) is 1. The van der Waals surface area contributed by atoms with Crippen LogP contribution in [0.25, 0.3) is 0 Å². The molecular formula is C16H22BrClN2O2. The van der Waals surface area contributed by atoms with Crippen LogP contribution >= 0.6 is 27.5 Å². The summed E-state index contributed by atoms with van der Waals surface area (Å²) in [7, 11) is 0. The van der Waals surface area contributed by atoms with E-state index in [0.717, 1.165) is 21.5 Å². The number of hydrogen-bond donors (Lipinski definition) is 2. The molecule has 2 N–H and O–H groups in total. The van der Waals surface area contributed by atoms with Gasteiger partial charge in [0, 0.05) is 27.6 Å². The van der Waals surface area contributed by atoms with Crippen molar-refractivity contribution in [2.75, 3.05) is 0 Å². The third-order valence-electron chi connectivity index (χ3n) is 3.39. The maximum absolute atomic E-state index is 11.7. The van der Waals surface area contributed by atoms with Crippen LogP contribution < -0.4 is 10.6 Å². The fraction of sp³-hybridized carbons (Fsp3) is 0.562. The summed E-state index contributed by atoms with van der Waals surface area (Å²) in [6.45, 7) is 7.63. The van der Waals surface area contributed by atoms with Gasteiger partial charge in [0.1, 0.15) is 5.60 Å². The average Bonchev–Trinajstić information content (AvgIpc) is 3.03. The molecule has 0 radical (unpaired) electrons. The fourth-order valence-corrected chi connectivity index (χ4v) is 3.10. The van der Waals surface area contributed by atoms with Crippen molar-refractivity contribution in [2.24, 2.45) is 0 Å². The van der Waals surface area contributed by atoms with Gasteiger partial charge >= 0.3 is 6.09 Å². The van der Waals surface area contributed by atoms with Crippen LogP contribution in [-0.4, -0.2) is 23.8 Å². The Kier molecular flexibility index (Phi) is 5.41. The van der Waals surface area contributed by atoms with Crippen LogP contribution in [0.15, 0.2) is 22.7 Å². The molecule has 6 heteroatoms. The van der Waals surface area contributed by atoms with Crippen molar-refractivity contribution < 1.29 is 9.53 Å². The van der Waals surface area contributed by atoms with Crippen molar-refractivity contribution in [1.82, 2.24) is 10.6 Å². The van der Waals surface area contributed by atoms with Crippen molar-refractivity contribution in [1.29, 1.82) is 0 Å². The van der Waals surface area contributed by atoms with Crippen molar-refractivity contribution in [2.45, 2.75) is 57.8 Å².